The summed E-state index contributed by atoms with van der Waals surface area (Å²) in [6, 6.07) is 0.337. The summed E-state index contributed by atoms with van der Waals surface area (Å²) in [5.74, 6) is 0.110. The average molecular weight is 186 g/mol. The van der Waals surface area contributed by atoms with E-state index < -0.39 is 0 Å². The van der Waals surface area contributed by atoms with Gasteiger partial charge in [-0.15, -0.1) is 0 Å². The molecule has 0 aromatic rings. The molecule has 4 heteroatoms. The van der Waals surface area contributed by atoms with Crippen LogP contribution < -0.4 is 5.32 Å². The molecule has 2 atom stereocenters. The molecule has 0 unspecified atom stereocenters. The molecule has 1 heterocycles. The van der Waals surface area contributed by atoms with Crippen LogP contribution in [0.4, 0.5) is 0 Å². The van der Waals surface area contributed by atoms with E-state index in [4.69, 9.17) is 4.74 Å². The second kappa shape index (κ2) is 4.58. The first kappa shape index (κ1) is 10.5. The fraction of sp³-hybridized carbons (Fsp3) is 0.889. The summed E-state index contributed by atoms with van der Waals surface area (Å²) in [7, 11) is 3.52. The van der Waals surface area contributed by atoms with E-state index in [-0.39, 0.29) is 12.0 Å². The molecule has 0 saturated carbocycles. The van der Waals surface area contributed by atoms with Crippen molar-refractivity contribution in [3.05, 3.63) is 0 Å². The lowest BCUT2D eigenvalue weighted by atomic mass is 10.1. The van der Waals surface area contributed by atoms with Gasteiger partial charge in [0.1, 0.15) is 0 Å². The van der Waals surface area contributed by atoms with Crippen LogP contribution >= 0.6 is 0 Å². The zero-order valence-corrected chi connectivity index (χ0v) is 8.54. The number of likely N-dealkylation sites (N-methyl/N-ethyl adjacent to an activating group) is 1. The van der Waals surface area contributed by atoms with Crippen LogP contribution in [0.1, 0.15) is 13.3 Å². The van der Waals surface area contributed by atoms with Gasteiger partial charge in [-0.25, -0.2) is 0 Å². The molecule has 1 saturated heterocycles. The van der Waals surface area contributed by atoms with Crippen LogP contribution in [-0.2, 0) is 9.53 Å². The molecule has 4 nitrogen and oxygen atoms in total. The number of hydrogen-bond donors (Lipinski definition) is 1. The molecule has 1 fully saturated rings. The van der Waals surface area contributed by atoms with Crippen LogP contribution in [-0.4, -0.2) is 50.2 Å². The minimum Gasteiger partial charge on any atom is -0.377 e. The summed E-state index contributed by atoms with van der Waals surface area (Å²) in [6.45, 7) is 3.24. The molecule has 0 aromatic heterocycles. The predicted molar refractivity (Wildman–Crippen MR) is 50.5 cm³/mol. The molecule has 0 radical (unpaired) electrons. The highest BCUT2D eigenvalue weighted by atomic mass is 16.5. The first-order chi connectivity index (χ1) is 6.11. The molecular formula is C9H18N2O2. The lowest BCUT2D eigenvalue weighted by Crippen LogP contribution is -2.41. The fourth-order valence-corrected chi connectivity index (χ4v) is 1.38. The first-order valence-electron chi connectivity index (χ1n) is 4.66. The van der Waals surface area contributed by atoms with Crippen molar-refractivity contribution in [1.29, 1.82) is 0 Å². The standard InChI is InChI=1S/C9H18N2O2/c1-7-8(4-5-13-7)10-6-9(12)11(2)3/h7-8,10H,4-6H2,1-3H3/t7-,8+/m1/s1. The highest BCUT2D eigenvalue weighted by molar-refractivity contribution is 5.77. The molecule has 76 valence electrons. The maximum absolute atomic E-state index is 11.2. The van der Waals surface area contributed by atoms with Crippen LogP contribution in [0.3, 0.4) is 0 Å². The van der Waals surface area contributed by atoms with Gasteiger partial charge in [0.15, 0.2) is 0 Å². The van der Waals surface area contributed by atoms with Gasteiger partial charge in [0.2, 0.25) is 5.91 Å². The predicted octanol–water partition coefficient (Wildman–Crippen LogP) is -0.158. The number of hydrogen-bond acceptors (Lipinski definition) is 3. The van der Waals surface area contributed by atoms with Gasteiger partial charge in [0, 0.05) is 26.7 Å². The van der Waals surface area contributed by atoms with E-state index in [0.717, 1.165) is 13.0 Å². The summed E-state index contributed by atoms with van der Waals surface area (Å²) in [5.41, 5.74) is 0. The minimum absolute atomic E-state index is 0.110. The van der Waals surface area contributed by atoms with Gasteiger partial charge >= 0.3 is 0 Å². The monoisotopic (exact) mass is 186 g/mol. The molecule has 0 spiro atoms. The van der Waals surface area contributed by atoms with Crippen molar-refractivity contribution in [2.45, 2.75) is 25.5 Å². The highest BCUT2D eigenvalue weighted by Crippen LogP contribution is 2.11. The molecule has 0 aliphatic carbocycles. The average Bonchev–Trinajstić information content (AvgIpc) is 2.47. The van der Waals surface area contributed by atoms with E-state index in [0.29, 0.717) is 12.6 Å². The van der Waals surface area contributed by atoms with E-state index in [9.17, 15) is 4.79 Å². The van der Waals surface area contributed by atoms with Gasteiger partial charge in [0.25, 0.3) is 0 Å². The summed E-state index contributed by atoms with van der Waals surface area (Å²) >= 11 is 0. The number of nitrogens with zero attached hydrogens (tertiary/aromatic N) is 1. The van der Waals surface area contributed by atoms with Crippen molar-refractivity contribution in [2.24, 2.45) is 0 Å². The summed E-state index contributed by atoms with van der Waals surface area (Å²) < 4.78 is 5.37. The van der Waals surface area contributed by atoms with Crippen LogP contribution in [0.5, 0.6) is 0 Å². The van der Waals surface area contributed by atoms with Crippen molar-refractivity contribution in [2.75, 3.05) is 27.2 Å². The molecule has 1 aliphatic rings. The third-order valence-corrected chi connectivity index (χ3v) is 2.39. The summed E-state index contributed by atoms with van der Waals surface area (Å²) in [5, 5.41) is 3.20. The molecule has 1 amide bonds. The van der Waals surface area contributed by atoms with Crippen molar-refractivity contribution in [1.82, 2.24) is 10.2 Å². The number of ether oxygens (including phenoxy) is 1. The zero-order chi connectivity index (χ0) is 9.84. The van der Waals surface area contributed by atoms with Crippen LogP contribution in [0.2, 0.25) is 0 Å². The zero-order valence-electron chi connectivity index (χ0n) is 8.54. The Bertz CT molecular complexity index is 182. The van der Waals surface area contributed by atoms with Gasteiger partial charge in [-0.2, -0.15) is 0 Å². The van der Waals surface area contributed by atoms with Gasteiger partial charge in [-0.05, 0) is 13.3 Å². The molecule has 13 heavy (non-hydrogen) atoms. The number of amides is 1. The van der Waals surface area contributed by atoms with Gasteiger partial charge in [-0.1, -0.05) is 0 Å². The SMILES string of the molecule is C[C@H]1OCC[C@@H]1NCC(=O)N(C)C. The fourth-order valence-electron chi connectivity index (χ4n) is 1.38. The summed E-state index contributed by atoms with van der Waals surface area (Å²) in [4.78, 5) is 12.8. The Morgan fingerprint density at radius 1 is 1.62 bits per heavy atom. The largest absolute Gasteiger partial charge is 0.377 e. The van der Waals surface area contributed by atoms with Crippen molar-refractivity contribution in [3.8, 4) is 0 Å². The summed E-state index contributed by atoms with van der Waals surface area (Å²) in [6.07, 6.45) is 1.23. The molecule has 1 rings (SSSR count). The first-order valence-corrected chi connectivity index (χ1v) is 4.66. The highest BCUT2D eigenvalue weighted by Gasteiger charge is 2.24. The Morgan fingerprint density at radius 2 is 2.31 bits per heavy atom. The normalized spacial score (nSPS) is 27.6. The Balaban J connectivity index is 2.22. The van der Waals surface area contributed by atoms with Gasteiger partial charge < -0.3 is 15.0 Å². The Kier molecular flexibility index (Phi) is 3.69. The number of carbonyl (C=O) groups excluding carboxylic acids is 1. The molecule has 1 N–H and O–H groups in total. The lowest BCUT2D eigenvalue weighted by molar-refractivity contribution is -0.127. The van der Waals surface area contributed by atoms with Crippen molar-refractivity contribution >= 4 is 5.91 Å². The smallest absolute Gasteiger partial charge is 0.236 e. The number of nitrogens with one attached hydrogen (secondary N) is 1. The second-order valence-electron chi connectivity index (χ2n) is 3.64. The van der Waals surface area contributed by atoms with E-state index >= 15 is 0 Å². The van der Waals surface area contributed by atoms with Crippen LogP contribution in [0.25, 0.3) is 0 Å². The number of rotatable bonds is 3. The Labute approximate surface area is 79.2 Å². The molecular weight excluding hydrogens is 168 g/mol. The van der Waals surface area contributed by atoms with Crippen LogP contribution in [0.15, 0.2) is 0 Å². The number of carbonyl (C=O) groups is 1. The van der Waals surface area contributed by atoms with Crippen molar-refractivity contribution in [3.63, 3.8) is 0 Å². The Morgan fingerprint density at radius 3 is 2.77 bits per heavy atom. The van der Waals surface area contributed by atoms with Crippen molar-refractivity contribution < 1.29 is 9.53 Å². The lowest BCUT2D eigenvalue weighted by Gasteiger charge is -2.17. The Hall–Kier alpha value is -0.610. The molecule has 0 bridgehead atoms. The molecule has 1 aliphatic heterocycles. The third kappa shape index (κ3) is 2.97. The molecule has 0 aromatic carbocycles. The van der Waals surface area contributed by atoms with Crippen LogP contribution in [0, 0.1) is 0 Å². The van der Waals surface area contributed by atoms with Gasteiger partial charge in [-0.3, -0.25) is 4.79 Å². The third-order valence-electron chi connectivity index (χ3n) is 2.39. The van der Waals surface area contributed by atoms with E-state index in [2.05, 4.69) is 5.32 Å². The topological polar surface area (TPSA) is 41.6 Å². The minimum atomic E-state index is 0.110. The van der Waals surface area contributed by atoms with E-state index in [1.807, 2.05) is 6.92 Å². The second-order valence-corrected chi connectivity index (χ2v) is 3.64. The van der Waals surface area contributed by atoms with E-state index in [1.165, 1.54) is 0 Å². The van der Waals surface area contributed by atoms with E-state index in [1.54, 1.807) is 19.0 Å². The van der Waals surface area contributed by atoms with Gasteiger partial charge in [0.05, 0.1) is 12.6 Å². The maximum atomic E-state index is 11.2. The maximum Gasteiger partial charge on any atom is 0.236 e. The quantitative estimate of drug-likeness (QED) is 0.666.